The van der Waals surface area contributed by atoms with E-state index in [-0.39, 0.29) is 12.4 Å². The Balaban J connectivity index is 2.96. The number of thioether (sulfide) groups is 1. The average Bonchev–Trinajstić information content (AvgIpc) is 2.19. The van der Waals surface area contributed by atoms with Crippen LogP contribution in [0.5, 0.6) is 0 Å². The molecular weight excluding hydrogens is 197 g/mol. The van der Waals surface area contributed by atoms with Gasteiger partial charge in [0.25, 0.3) is 0 Å². The molecule has 0 saturated heterocycles. The summed E-state index contributed by atoms with van der Waals surface area (Å²) >= 11 is 1.70. The minimum absolute atomic E-state index is 0.256. The molecule has 0 aliphatic heterocycles. The van der Waals surface area contributed by atoms with Gasteiger partial charge >= 0.3 is 0 Å². The third kappa shape index (κ3) is 3.06. The maximum Gasteiger partial charge on any atom is 0.138 e. The molecule has 0 atom stereocenters. The van der Waals surface area contributed by atoms with Gasteiger partial charge in [0, 0.05) is 5.75 Å². The Kier molecular flexibility index (Phi) is 4.51. The molecule has 1 nitrogen and oxygen atoms in total. The van der Waals surface area contributed by atoms with Crippen molar-refractivity contribution in [1.29, 1.82) is 0 Å². The quantitative estimate of drug-likeness (QED) is 0.754. The van der Waals surface area contributed by atoms with Crippen molar-refractivity contribution in [3.05, 3.63) is 35.1 Å². The van der Waals surface area contributed by atoms with E-state index in [1.165, 1.54) is 6.07 Å². The molecule has 3 heteroatoms. The molecule has 0 fully saturated rings. The molecule has 74 valence electrons. The number of hydrogen-bond acceptors (Lipinski definition) is 2. The summed E-state index contributed by atoms with van der Waals surface area (Å²) in [5.74, 6) is 5.95. The molecule has 0 aliphatic carbocycles. The zero-order chi connectivity index (χ0) is 10.4. The van der Waals surface area contributed by atoms with Crippen LogP contribution in [0.2, 0.25) is 0 Å². The van der Waals surface area contributed by atoms with E-state index < -0.39 is 0 Å². The van der Waals surface area contributed by atoms with Crippen molar-refractivity contribution < 1.29 is 4.39 Å². The van der Waals surface area contributed by atoms with Crippen molar-refractivity contribution in [3.63, 3.8) is 0 Å². The summed E-state index contributed by atoms with van der Waals surface area (Å²) in [5, 5.41) is 0. The topological polar surface area (TPSA) is 26.0 Å². The third-order valence-corrected chi connectivity index (χ3v) is 2.29. The molecule has 0 radical (unpaired) electrons. The van der Waals surface area contributed by atoms with Gasteiger partial charge in [-0.25, -0.2) is 4.39 Å². The van der Waals surface area contributed by atoms with Gasteiger partial charge in [0.15, 0.2) is 0 Å². The molecule has 1 aromatic carbocycles. The lowest BCUT2D eigenvalue weighted by molar-refractivity contribution is 0.624. The number of halogens is 1. The first-order valence-corrected chi connectivity index (χ1v) is 5.63. The van der Waals surface area contributed by atoms with E-state index in [0.717, 1.165) is 11.3 Å². The predicted molar refractivity (Wildman–Crippen MR) is 59.6 cm³/mol. The molecule has 0 bridgehead atoms. The lowest BCUT2D eigenvalue weighted by Gasteiger charge is -2.00. The van der Waals surface area contributed by atoms with Crippen molar-refractivity contribution in [1.82, 2.24) is 0 Å². The molecule has 0 amide bonds. The molecule has 0 spiro atoms. The van der Waals surface area contributed by atoms with Crippen molar-refractivity contribution in [3.8, 4) is 11.8 Å². The number of rotatable bonds is 2. The summed E-state index contributed by atoms with van der Waals surface area (Å²) in [6.45, 7) is 0.256. The van der Waals surface area contributed by atoms with Gasteiger partial charge in [-0.05, 0) is 24.0 Å². The zero-order valence-electron chi connectivity index (χ0n) is 8.01. The fourth-order valence-electron chi connectivity index (χ4n) is 1.07. The van der Waals surface area contributed by atoms with E-state index in [4.69, 9.17) is 5.73 Å². The maximum absolute atomic E-state index is 13.2. The standard InChI is InChI=1S/C11H12FNS/c1-14-8-9-4-5-11(12)10(7-9)3-2-6-13/h4-5,7H,6,8,13H2,1H3. The molecule has 1 rings (SSSR count). The Labute approximate surface area is 87.9 Å². The van der Waals surface area contributed by atoms with E-state index in [9.17, 15) is 4.39 Å². The van der Waals surface area contributed by atoms with Gasteiger partial charge in [-0.15, -0.1) is 0 Å². The highest BCUT2D eigenvalue weighted by molar-refractivity contribution is 7.97. The highest BCUT2D eigenvalue weighted by Crippen LogP contribution is 2.13. The Morgan fingerprint density at radius 2 is 2.29 bits per heavy atom. The van der Waals surface area contributed by atoms with Crippen LogP contribution in [0.1, 0.15) is 11.1 Å². The van der Waals surface area contributed by atoms with Gasteiger partial charge in [0.05, 0.1) is 12.1 Å². The first kappa shape index (κ1) is 11.1. The third-order valence-electron chi connectivity index (χ3n) is 1.67. The van der Waals surface area contributed by atoms with E-state index in [1.807, 2.05) is 6.26 Å². The molecule has 0 saturated carbocycles. The van der Waals surface area contributed by atoms with E-state index >= 15 is 0 Å². The highest BCUT2D eigenvalue weighted by atomic mass is 32.2. The Bertz CT molecular complexity index is 365. The number of nitrogens with two attached hydrogens (primary N) is 1. The molecule has 0 unspecified atom stereocenters. The normalized spacial score (nSPS) is 9.36. The fraction of sp³-hybridized carbons (Fsp3) is 0.273. The number of benzene rings is 1. The second kappa shape index (κ2) is 5.69. The van der Waals surface area contributed by atoms with Gasteiger partial charge < -0.3 is 5.73 Å². The van der Waals surface area contributed by atoms with Crippen LogP contribution in [0.25, 0.3) is 0 Å². The second-order valence-corrected chi connectivity index (χ2v) is 3.62. The molecule has 14 heavy (non-hydrogen) atoms. The fourth-order valence-corrected chi connectivity index (χ4v) is 1.58. The molecular formula is C11H12FNS. The lowest BCUT2D eigenvalue weighted by atomic mass is 10.1. The smallest absolute Gasteiger partial charge is 0.138 e. The van der Waals surface area contributed by atoms with E-state index in [1.54, 1.807) is 23.9 Å². The van der Waals surface area contributed by atoms with E-state index in [0.29, 0.717) is 5.56 Å². The highest BCUT2D eigenvalue weighted by Gasteiger charge is 2.00. The summed E-state index contributed by atoms with van der Waals surface area (Å²) in [7, 11) is 0. The van der Waals surface area contributed by atoms with Gasteiger partial charge in [-0.3, -0.25) is 0 Å². The van der Waals surface area contributed by atoms with Crippen LogP contribution in [0.15, 0.2) is 18.2 Å². The summed E-state index contributed by atoms with van der Waals surface area (Å²) in [4.78, 5) is 0. The van der Waals surface area contributed by atoms with Crippen LogP contribution in [-0.2, 0) is 5.75 Å². The van der Waals surface area contributed by atoms with Crippen LogP contribution < -0.4 is 5.73 Å². The second-order valence-electron chi connectivity index (χ2n) is 2.75. The zero-order valence-corrected chi connectivity index (χ0v) is 8.83. The van der Waals surface area contributed by atoms with Crippen molar-refractivity contribution >= 4 is 11.8 Å². The van der Waals surface area contributed by atoms with Crippen LogP contribution in [0, 0.1) is 17.7 Å². The molecule has 0 aromatic heterocycles. The SMILES string of the molecule is CSCc1ccc(F)c(C#CCN)c1. The summed E-state index contributed by atoms with van der Waals surface area (Å²) in [5.41, 5.74) is 6.74. The molecule has 2 N–H and O–H groups in total. The Hall–Kier alpha value is -0.980. The van der Waals surface area contributed by atoms with Crippen LogP contribution >= 0.6 is 11.8 Å². The van der Waals surface area contributed by atoms with Gasteiger partial charge in [-0.1, -0.05) is 17.9 Å². The van der Waals surface area contributed by atoms with E-state index in [2.05, 4.69) is 11.8 Å². The predicted octanol–water partition coefficient (Wildman–Crippen LogP) is 2.00. The first-order valence-electron chi connectivity index (χ1n) is 4.24. The van der Waals surface area contributed by atoms with Gasteiger partial charge in [0.1, 0.15) is 5.82 Å². The first-order chi connectivity index (χ1) is 6.77. The van der Waals surface area contributed by atoms with Crippen molar-refractivity contribution in [2.75, 3.05) is 12.8 Å². The summed E-state index contributed by atoms with van der Waals surface area (Å²) < 4.78 is 13.2. The van der Waals surface area contributed by atoms with Crippen LogP contribution in [0.3, 0.4) is 0 Å². The largest absolute Gasteiger partial charge is 0.320 e. The average molecular weight is 209 g/mol. The van der Waals surface area contributed by atoms with Crippen molar-refractivity contribution in [2.45, 2.75) is 5.75 Å². The molecule has 1 aromatic rings. The molecule has 0 heterocycles. The number of hydrogen-bond donors (Lipinski definition) is 1. The van der Waals surface area contributed by atoms with Gasteiger partial charge in [0.2, 0.25) is 0 Å². The van der Waals surface area contributed by atoms with Crippen molar-refractivity contribution in [2.24, 2.45) is 5.73 Å². The van der Waals surface area contributed by atoms with Crippen LogP contribution in [-0.4, -0.2) is 12.8 Å². The molecule has 0 aliphatic rings. The minimum Gasteiger partial charge on any atom is -0.320 e. The lowest BCUT2D eigenvalue weighted by Crippen LogP contribution is -1.94. The summed E-state index contributed by atoms with van der Waals surface area (Å²) in [6.07, 6.45) is 2.01. The maximum atomic E-state index is 13.2. The minimum atomic E-state index is -0.282. The summed E-state index contributed by atoms with van der Waals surface area (Å²) in [6, 6.07) is 5.00. The Morgan fingerprint density at radius 1 is 1.50 bits per heavy atom. The van der Waals surface area contributed by atoms with Crippen LogP contribution in [0.4, 0.5) is 4.39 Å². The monoisotopic (exact) mass is 209 g/mol. The van der Waals surface area contributed by atoms with Gasteiger partial charge in [-0.2, -0.15) is 11.8 Å². The Morgan fingerprint density at radius 3 is 2.93 bits per heavy atom.